The lowest BCUT2D eigenvalue weighted by Crippen LogP contribution is -2.51. The van der Waals surface area contributed by atoms with Gasteiger partial charge in [0.2, 0.25) is 5.91 Å². The largest absolute Gasteiger partial charge is 0.493 e. The Labute approximate surface area is 157 Å². The number of ether oxygens (including phenoxy) is 1. The number of aliphatic carboxylic acids is 1. The Morgan fingerprint density at radius 2 is 1.96 bits per heavy atom. The van der Waals surface area contributed by atoms with Crippen molar-refractivity contribution in [2.45, 2.75) is 53.2 Å². The molecule has 0 aliphatic carbocycles. The summed E-state index contributed by atoms with van der Waals surface area (Å²) in [5, 5.41) is 17.5. The van der Waals surface area contributed by atoms with Crippen molar-refractivity contribution in [2.24, 2.45) is 0 Å². The molecule has 0 spiro atoms. The van der Waals surface area contributed by atoms with Crippen LogP contribution in [0.25, 0.3) is 0 Å². The highest BCUT2D eigenvalue weighted by molar-refractivity contribution is 5.84. The number of aromatic nitrogens is 3. The Morgan fingerprint density at radius 1 is 1.22 bits per heavy atom. The molecule has 3 rings (SSSR count). The van der Waals surface area contributed by atoms with Crippen LogP contribution in [-0.4, -0.2) is 49.3 Å². The monoisotopic (exact) mass is 372 g/mol. The molecular weight excluding hydrogens is 348 g/mol. The van der Waals surface area contributed by atoms with Crippen molar-refractivity contribution in [1.82, 2.24) is 19.7 Å². The van der Waals surface area contributed by atoms with Gasteiger partial charge in [-0.25, -0.2) is 4.79 Å². The lowest BCUT2D eigenvalue weighted by Gasteiger charge is -2.33. The molecule has 1 unspecified atom stereocenters. The van der Waals surface area contributed by atoms with Gasteiger partial charge in [0.25, 0.3) is 0 Å². The van der Waals surface area contributed by atoms with E-state index >= 15 is 0 Å². The van der Waals surface area contributed by atoms with Gasteiger partial charge in [0, 0.05) is 0 Å². The number of hydrogen-bond acceptors (Lipinski definition) is 5. The molecule has 8 heteroatoms. The number of benzene rings is 1. The smallest absolute Gasteiger partial charge is 0.328 e. The van der Waals surface area contributed by atoms with Gasteiger partial charge in [0.1, 0.15) is 17.6 Å². The molecule has 1 aromatic carbocycles. The quantitative estimate of drug-likeness (QED) is 0.859. The van der Waals surface area contributed by atoms with Crippen molar-refractivity contribution in [3.63, 3.8) is 0 Å². The molecule has 144 valence electrons. The van der Waals surface area contributed by atoms with Gasteiger partial charge in [-0.2, -0.15) is 0 Å². The molecule has 27 heavy (non-hydrogen) atoms. The molecule has 1 atom stereocenters. The summed E-state index contributed by atoms with van der Waals surface area (Å²) >= 11 is 0. The third kappa shape index (κ3) is 3.79. The lowest BCUT2D eigenvalue weighted by atomic mass is 10.1. The highest BCUT2D eigenvalue weighted by atomic mass is 16.5. The predicted molar refractivity (Wildman–Crippen MR) is 97.5 cm³/mol. The molecule has 0 saturated carbocycles. The normalized spacial score (nSPS) is 16.1. The average Bonchev–Trinajstić information content (AvgIpc) is 2.98. The number of carboxylic acids is 1. The van der Waals surface area contributed by atoms with E-state index in [9.17, 15) is 14.7 Å². The minimum absolute atomic E-state index is 0.101. The van der Waals surface area contributed by atoms with Crippen LogP contribution in [0.1, 0.15) is 34.8 Å². The molecule has 0 fully saturated rings. The van der Waals surface area contributed by atoms with Gasteiger partial charge in [-0.3, -0.25) is 4.79 Å². The van der Waals surface area contributed by atoms with E-state index in [2.05, 4.69) is 16.3 Å². The maximum Gasteiger partial charge on any atom is 0.328 e. The number of carbonyl (C=O) groups excluding carboxylic acids is 1. The SMILES string of the molecule is Cc1cc(C)c(C)c(OCCC(=O)N2Cc3nnc(C)n3CC2C(=O)O)c1. The first-order valence-corrected chi connectivity index (χ1v) is 8.89. The topological polar surface area (TPSA) is 97.5 Å². The molecule has 1 aromatic heterocycles. The van der Waals surface area contributed by atoms with E-state index in [1.54, 1.807) is 11.5 Å². The summed E-state index contributed by atoms with van der Waals surface area (Å²) in [7, 11) is 0. The van der Waals surface area contributed by atoms with Crippen LogP contribution in [0.3, 0.4) is 0 Å². The minimum atomic E-state index is -1.03. The van der Waals surface area contributed by atoms with E-state index in [-0.39, 0.29) is 32.0 Å². The maximum absolute atomic E-state index is 12.7. The van der Waals surface area contributed by atoms with Crippen LogP contribution in [0.2, 0.25) is 0 Å². The molecule has 0 bridgehead atoms. The highest BCUT2D eigenvalue weighted by Crippen LogP contribution is 2.24. The van der Waals surface area contributed by atoms with Crippen molar-refractivity contribution < 1.29 is 19.4 Å². The van der Waals surface area contributed by atoms with Crippen molar-refractivity contribution in [1.29, 1.82) is 0 Å². The molecular formula is C19H24N4O4. The summed E-state index contributed by atoms with van der Waals surface area (Å²) in [6.45, 7) is 8.25. The van der Waals surface area contributed by atoms with Gasteiger partial charge in [0.05, 0.1) is 26.1 Å². The van der Waals surface area contributed by atoms with Crippen molar-refractivity contribution in [3.05, 3.63) is 40.5 Å². The first kappa shape index (κ1) is 18.9. The second-order valence-electron chi connectivity index (χ2n) is 6.95. The average molecular weight is 372 g/mol. The summed E-state index contributed by atoms with van der Waals surface area (Å²) < 4.78 is 7.55. The van der Waals surface area contributed by atoms with E-state index in [1.165, 1.54) is 4.90 Å². The third-order valence-electron chi connectivity index (χ3n) is 5.00. The Kier molecular flexibility index (Phi) is 5.16. The highest BCUT2D eigenvalue weighted by Gasteiger charge is 2.36. The Balaban J connectivity index is 1.67. The molecule has 2 heterocycles. The second-order valence-corrected chi connectivity index (χ2v) is 6.95. The minimum Gasteiger partial charge on any atom is -0.493 e. The number of fused-ring (bicyclic) bond motifs is 1. The fourth-order valence-corrected chi connectivity index (χ4v) is 3.33. The number of amides is 1. The zero-order valence-corrected chi connectivity index (χ0v) is 16.0. The van der Waals surface area contributed by atoms with Gasteiger partial charge in [-0.1, -0.05) is 6.07 Å². The standard InChI is InChI=1S/C19H24N4O4/c1-11-7-12(2)13(3)16(8-11)27-6-5-18(24)23-10-17-21-20-14(4)22(17)9-15(23)19(25)26/h7-8,15H,5-6,9-10H2,1-4H3,(H,25,26). The van der Waals surface area contributed by atoms with Crippen LogP contribution in [0.15, 0.2) is 12.1 Å². The molecule has 0 saturated heterocycles. The Morgan fingerprint density at radius 3 is 2.67 bits per heavy atom. The van der Waals surface area contributed by atoms with Gasteiger partial charge in [0.15, 0.2) is 5.82 Å². The van der Waals surface area contributed by atoms with Crippen LogP contribution in [0, 0.1) is 27.7 Å². The molecule has 1 amide bonds. The zero-order valence-electron chi connectivity index (χ0n) is 16.0. The fraction of sp³-hybridized carbons (Fsp3) is 0.474. The second kappa shape index (κ2) is 7.38. The Bertz CT molecular complexity index is 890. The van der Waals surface area contributed by atoms with Crippen molar-refractivity contribution in [3.8, 4) is 5.75 Å². The first-order valence-electron chi connectivity index (χ1n) is 8.89. The molecule has 1 N–H and O–H groups in total. The van der Waals surface area contributed by atoms with Gasteiger partial charge in [-0.15, -0.1) is 10.2 Å². The van der Waals surface area contributed by atoms with Gasteiger partial charge < -0.3 is 19.3 Å². The van der Waals surface area contributed by atoms with E-state index in [0.717, 1.165) is 22.4 Å². The van der Waals surface area contributed by atoms with Crippen molar-refractivity contribution in [2.75, 3.05) is 6.61 Å². The summed E-state index contributed by atoms with van der Waals surface area (Å²) in [4.78, 5) is 25.7. The van der Waals surface area contributed by atoms with E-state index in [1.807, 2.05) is 26.8 Å². The fourth-order valence-electron chi connectivity index (χ4n) is 3.33. The summed E-state index contributed by atoms with van der Waals surface area (Å²) in [6.07, 6.45) is 0.101. The zero-order chi connectivity index (χ0) is 19.7. The predicted octanol–water partition coefficient (Wildman–Crippen LogP) is 1.78. The van der Waals surface area contributed by atoms with Crippen molar-refractivity contribution >= 4 is 11.9 Å². The van der Waals surface area contributed by atoms with E-state index in [4.69, 9.17) is 4.74 Å². The number of nitrogens with zero attached hydrogens (tertiary/aromatic N) is 4. The molecule has 1 aliphatic heterocycles. The summed E-state index contributed by atoms with van der Waals surface area (Å²) in [5.41, 5.74) is 3.27. The maximum atomic E-state index is 12.7. The number of hydrogen-bond donors (Lipinski definition) is 1. The number of carbonyl (C=O) groups is 2. The van der Waals surface area contributed by atoms with E-state index < -0.39 is 12.0 Å². The third-order valence-corrected chi connectivity index (χ3v) is 5.00. The summed E-state index contributed by atoms with van der Waals surface area (Å²) in [6, 6.07) is 3.10. The van der Waals surface area contributed by atoms with Crippen LogP contribution < -0.4 is 4.74 Å². The lowest BCUT2D eigenvalue weighted by molar-refractivity contribution is -0.153. The van der Waals surface area contributed by atoms with Crippen LogP contribution in [-0.2, 0) is 22.7 Å². The van der Waals surface area contributed by atoms with Crippen LogP contribution >= 0.6 is 0 Å². The van der Waals surface area contributed by atoms with Crippen LogP contribution in [0.5, 0.6) is 5.75 Å². The molecule has 2 aromatic rings. The van der Waals surface area contributed by atoms with Gasteiger partial charge >= 0.3 is 5.97 Å². The van der Waals surface area contributed by atoms with Crippen LogP contribution in [0.4, 0.5) is 0 Å². The van der Waals surface area contributed by atoms with Gasteiger partial charge in [-0.05, 0) is 50.5 Å². The number of carboxylic acid groups (broad SMARTS) is 1. The number of aryl methyl sites for hydroxylation is 3. The molecule has 0 radical (unpaired) electrons. The molecule has 8 nitrogen and oxygen atoms in total. The first-order chi connectivity index (χ1) is 12.8. The Hall–Kier alpha value is -2.90. The van der Waals surface area contributed by atoms with E-state index in [0.29, 0.717) is 11.6 Å². The summed E-state index contributed by atoms with van der Waals surface area (Å²) in [5.74, 6) is 0.704. The molecule has 1 aliphatic rings. The number of rotatable bonds is 5.